The lowest BCUT2D eigenvalue weighted by molar-refractivity contribution is 0.354. The van der Waals surface area contributed by atoms with Crippen molar-refractivity contribution in [2.24, 2.45) is 16.5 Å². The second-order valence-electron chi connectivity index (χ2n) is 3.78. The summed E-state index contributed by atoms with van der Waals surface area (Å²) in [4.78, 5) is 3.65. The van der Waals surface area contributed by atoms with Crippen LogP contribution in [0.5, 0.6) is 5.75 Å². The van der Waals surface area contributed by atoms with Gasteiger partial charge in [-0.05, 0) is 17.7 Å². The standard InChI is InChI=1S/C11H13ClN4OS/c12-8-3-6-1-2-17-9(6)7(4-8)5-18-11(15)16-10(13)14/h3-4H,1-2,5H2,(H5,13,14,15,16). The van der Waals surface area contributed by atoms with E-state index in [4.69, 9.17) is 33.2 Å². The molecule has 0 saturated heterocycles. The number of nitrogens with two attached hydrogens (primary N) is 2. The number of guanidine groups is 1. The SMILES string of the molecule is N=C(N=C(N)N)SCc1cc(Cl)cc2c1OCC2. The van der Waals surface area contributed by atoms with E-state index in [0.29, 0.717) is 17.4 Å². The summed E-state index contributed by atoms with van der Waals surface area (Å²) in [5.74, 6) is 1.32. The van der Waals surface area contributed by atoms with Crippen molar-refractivity contribution in [3.05, 3.63) is 28.3 Å². The number of hydrogen-bond acceptors (Lipinski definition) is 3. The summed E-state index contributed by atoms with van der Waals surface area (Å²) in [5, 5.41) is 8.32. The molecule has 5 nitrogen and oxygen atoms in total. The highest BCUT2D eigenvalue weighted by Crippen LogP contribution is 2.35. The van der Waals surface area contributed by atoms with Crippen LogP contribution in [0.3, 0.4) is 0 Å². The van der Waals surface area contributed by atoms with E-state index in [1.165, 1.54) is 11.8 Å². The van der Waals surface area contributed by atoms with Crippen LogP contribution in [-0.2, 0) is 12.2 Å². The highest BCUT2D eigenvalue weighted by molar-refractivity contribution is 8.13. The van der Waals surface area contributed by atoms with Crippen molar-refractivity contribution in [1.82, 2.24) is 0 Å². The number of amidine groups is 1. The summed E-state index contributed by atoms with van der Waals surface area (Å²) in [6.45, 7) is 0.679. The summed E-state index contributed by atoms with van der Waals surface area (Å²) < 4.78 is 5.57. The smallest absolute Gasteiger partial charge is 0.193 e. The van der Waals surface area contributed by atoms with E-state index >= 15 is 0 Å². The fraction of sp³-hybridized carbons (Fsp3) is 0.273. The number of halogens is 1. The van der Waals surface area contributed by atoms with E-state index in [9.17, 15) is 0 Å². The van der Waals surface area contributed by atoms with Gasteiger partial charge >= 0.3 is 0 Å². The summed E-state index contributed by atoms with van der Waals surface area (Å²) in [6.07, 6.45) is 0.874. The number of nitrogens with one attached hydrogen (secondary N) is 1. The first kappa shape index (κ1) is 13.0. The molecule has 0 fully saturated rings. The van der Waals surface area contributed by atoms with Gasteiger partial charge in [-0.1, -0.05) is 23.4 Å². The molecule has 0 atom stereocenters. The van der Waals surface area contributed by atoms with Crippen molar-refractivity contribution in [3.8, 4) is 5.75 Å². The minimum absolute atomic E-state index is 0.0710. The first-order valence-electron chi connectivity index (χ1n) is 5.31. The van der Waals surface area contributed by atoms with Crippen LogP contribution in [0.25, 0.3) is 0 Å². The Morgan fingerprint density at radius 1 is 1.50 bits per heavy atom. The van der Waals surface area contributed by atoms with Crippen molar-refractivity contribution in [2.75, 3.05) is 6.61 Å². The monoisotopic (exact) mass is 284 g/mol. The Hall–Kier alpha value is -1.40. The van der Waals surface area contributed by atoms with Crippen molar-refractivity contribution in [3.63, 3.8) is 0 Å². The van der Waals surface area contributed by atoms with Gasteiger partial charge in [0, 0.05) is 22.8 Å². The lowest BCUT2D eigenvalue weighted by Gasteiger charge is -2.08. The van der Waals surface area contributed by atoms with Crippen LogP contribution >= 0.6 is 23.4 Å². The summed E-state index contributed by atoms with van der Waals surface area (Å²) >= 11 is 7.27. The average Bonchev–Trinajstić information content (AvgIpc) is 2.72. The zero-order valence-electron chi connectivity index (χ0n) is 9.57. The normalized spacial score (nSPS) is 12.7. The summed E-state index contributed by atoms with van der Waals surface area (Å²) in [6, 6.07) is 3.76. The van der Waals surface area contributed by atoms with Crippen LogP contribution in [0.15, 0.2) is 17.1 Å². The Bertz CT molecular complexity index is 514. The van der Waals surface area contributed by atoms with Crippen LogP contribution in [-0.4, -0.2) is 17.7 Å². The largest absolute Gasteiger partial charge is 0.493 e. The number of rotatable bonds is 2. The number of aliphatic imine (C=N–C) groups is 1. The quantitative estimate of drug-likeness (QED) is 0.569. The third-order valence-electron chi connectivity index (χ3n) is 2.42. The van der Waals surface area contributed by atoms with Gasteiger partial charge in [0.2, 0.25) is 0 Å². The molecule has 2 rings (SSSR count). The van der Waals surface area contributed by atoms with Crippen molar-refractivity contribution in [1.29, 1.82) is 5.41 Å². The van der Waals surface area contributed by atoms with Crippen LogP contribution in [0.1, 0.15) is 11.1 Å². The van der Waals surface area contributed by atoms with E-state index < -0.39 is 0 Å². The number of thioether (sulfide) groups is 1. The summed E-state index contributed by atoms with van der Waals surface area (Å²) in [5.41, 5.74) is 12.5. The van der Waals surface area contributed by atoms with Crippen LogP contribution in [0.4, 0.5) is 0 Å². The van der Waals surface area contributed by atoms with E-state index in [0.717, 1.165) is 23.3 Å². The molecule has 0 bridgehead atoms. The van der Waals surface area contributed by atoms with Gasteiger partial charge in [0.1, 0.15) is 5.75 Å². The maximum Gasteiger partial charge on any atom is 0.193 e. The minimum Gasteiger partial charge on any atom is -0.493 e. The molecule has 0 spiro atoms. The van der Waals surface area contributed by atoms with E-state index in [1.54, 1.807) is 0 Å². The molecule has 0 saturated carbocycles. The molecule has 1 heterocycles. The molecule has 1 aromatic rings. The molecule has 0 amide bonds. The highest BCUT2D eigenvalue weighted by Gasteiger charge is 2.17. The Kier molecular flexibility index (Phi) is 3.98. The lowest BCUT2D eigenvalue weighted by Crippen LogP contribution is -2.23. The van der Waals surface area contributed by atoms with Crippen LogP contribution in [0, 0.1) is 5.41 Å². The molecule has 0 aliphatic carbocycles. The number of ether oxygens (including phenoxy) is 1. The first-order valence-corrected chi connectivity index (χ1v) is 6.67. The van der Waals surface area contributed by atoms with Gasteiger partial charge in [0.05, 0.1) is 6.61 Å². The third kappa shape index (κ3) is 3.08. The van der Waals surface area contributed by atoms with Gasteiger partial charge in [-0.3, -0.25) is 5.41 Å². The van der Waals surface area contributed by atoms with Crippen LogP contribution < -0.4 is 16.2 Å². The minimum atomic E-state index is -0.111. The lowest BCUT2D eigenvalue weighted by atomic mass is 10.1. The fourth-order valence-corrected chi connectivity index (χ4v) is 2.69. The van der Waals surface area contributed by atoms with E-state index in [-0.39, 0.29) is 11.1 Å². The highest BCUT2D eigenvalue weighted by atomic mass is 35.5. The van der Waals surface area contributed by atoms with Crippen molar-refractivity contribution >= 4 is 34.5 Å². The molecule has 7 heteroatoms. The van der Waals surface area contributed by atoms with Gasteiger partial charge in [-0.2, -0.15) is 4.99 Å². The average molecular weight is 285 g/mol. The molecule has 1 aliphatic rings. The van der Waals surface area contributed by atoms with Crippen molar-refractivity contribution in [2.45, 2.75) is 12.2 Å². The predicted molar refractivity (Wildman–Crippen MR) is 75.5 cm³/mol. The van der Waals surface area contributed by atoms with E-state index in [2.05, 4.69) is 4.99 Å². The molecule has 0 radical (unpaired) electrons. The topological polar surface area (TPSA) is 97.5 Å². The fourth-order valence-electron chi connectivity index (χ4n) is 1.75. The molecule has 96 valence electrons. The molecule has 5 N–H and O–H groups in total. The molecule has 1 aliphatic heterocycles. The number of hydrogen-bond donors (Lipinski definition) is 3. The van der Waals surface area contributed by atoms with Gasteiger partial charge in [-0.15, -0.1) is 0 Å². The number of nitrogens with zero attached hydrogens (tertiary/aromatic N) is 1. The van der Waals surface area contributed by atoms with Gasteiger partial charge in [-0.25, -0.2) is 0 Å². The molecule has 0 unspecified atom stereocenters. The molecular formula is C11H13ClN4OS. The van der Waals surface area contributed by atoms with Gasteiger partial charge in [0.25, 0.3) is 0 Å². The molecule has 0 aromatic heterocycles. The second kappa shape index (κ2) is 5.49. The number of benzene rings is 1. The van der Waals surface area contributed by atoms with Crippen LogP contribution in [0.2, 0.25) is 5.02 Å². The maximum absolute atomic E-state index is 7.56. The Balaban J connectivity index is 2.11. The number of fused-ring (bicyclic) bond motifs is 1. The molecular weight excluding hydrogens is 272 g/mol. The van der Waals surface area contributed by atoms with Gasteiger partial charge in [0.15, 0.2) is 11.1 Å². The molecule has 18 heavy (non-hydrogen) atoms. The summed E-state index contributed by atoms with van der Waals surface area (Å²) in [7, 11) is 0. The van der Waals surface area contributed by atoms with Crippen molar-refractivity contribution < 1.29 is 4.74 Å². The molecule has 1 aromatic carbocycles. The zero-order chi connectivity index (χ0) is 13.1. The zero-order valence-corrected chi connectivity index (χ0v) is 11.1. The maximum atomic E-state index is 7.56. The Labute approximate surface area is 114 Å². The van der Waals surface area contributed by atoms with E-state index in [1.807, 2.05) is 12.1 Å². The second-order valence-corrected chi connectivity index (χ2v) is 5.18. The Morgan fingerprint density at radius 2 is 2.28 bits per heavy atom. The third-order valence-corrected chi connectivity index (χ3v) is 3.46. The predicted octanol–water partition coefficient (Wildman–Crippen LogP) is 1.72. The first-order chi connectivity index (χ1) is 8.56. The Morgan fingerprint density at radius 3 is 3.00 bits per heavy atom. The van der Waals surface area contributed by atoms with Gasteiger partial charge < -0.3 is 16.2 Å².